The number of anilines is 2. The molecule has 128 valence electrons. The number of nitrogens with one attached hydrogen (secondary N) is 1. The van der Waals surface area contributed by atoms with Crippen molar-refractivity contribution in [1.82, 2.24) is 10.2 Å². The summed E-state index contributed by atoms with van der Waals surface area (Å²) in [5, 5.41) is 20.6. The molecule has 1 amide bonds. The van der Waals surface area contributed by atoms with E-state index in [1.54, 1.807) is 4.90 Å². The summed E-state index contributed by atoms with van der Waals surface area (Å²) in [6.07, 6.45) is 0.708. The fourth-order valence-electron chi connectivity index (χ4n) is 2.71. The van der Waals surface area contributed by atoms with E-state index in [1.807, 2.05) is 38.1 Å². The van der Waals surface area contributed by atoms with Crippen LogP contribution in [0.15, 0.2) is 24.3 Å². The zero-order valence-corrected chi connectivity index (χ0v) is 14.2. The molecule has 1 aliphatic rings. The highest BCUT2D eigenvalue weighted by molar-refractivity contribution is 5.97. The van der Waals surface area contributed by atoms with Gasteiger partial charge in [0.05, 0.1) is 11.4 Å². The molecule has 1 aromatic carbocycles. The highest BCUT2D eigenvalue weighted by Crippen LogP contribution is 2.31. The average molecular weight is 337 g/mol. The van der Waals surface area contributed by atoms with E-state index in [4.69, 9.17) is 4.74 Å². The molecule has 1 aromatic heterocycles. The van der Waals surface area contributed by atoms with E-state index < -0.39 is 0 Å². The quantitative estimate of drug-likeness (QED) is 0.841. The van der Waals surface area contributed by atoms with Gasteiger partial charge < -0.3 is 15.0 Å². The molecule has 25 heavy (non-hydrogen) atoms. The van der Waals surface area contributed by atoms with Crippen LogP contribution < -0.4 is 15.0 Å². The Bertz CT molecular complexity index is 844. The first-order chi connectivity index (χ1) is 12.1. The molecule has 0 bridgehead atoms. The predicted octanol–water partition coefficient (Wildman–Crippen LogP) is 2.19. The van der Waals surface area contributed by atoms with Gasteiger partial charge in [-0.2, -0.15) is 10.4 Å². The van der Waals surface area contributed by atoms with Crippen molar-refractivity contribution in [2.24, 2.45) is 0 Å². The highest BCUT2D eigenvalue weighted by Gasteiger charge is 2.24. The van der Waals surface area contributed by atoms with Crippen LogP contribution in [0, 0.1) is 25.2 Å². The SMILES string of the molecule is Cc1nnc(NCCCN2C(=O)COc3ccccc32)c(C#N)c1C. The lowest BCUT2D eigenvalue weighted by atomic mass is 10.1. The van der Waals surface area contributed by atoms with E-state index >= 15 is 0 Å². The molecule has 3 rings (SSSR count). The molecule has 0 saturated carbocycles. The minimum absolute atomic E-state index is 0.0533. The molecule has 1 N–H and O–H groups in total. The van der Waals surface area contributed by atoms with E-state index in [0.717, 1.165) is 22.7 Å². The Morgan fingerprint density at radius 1 is 1.32 bits per heavy atom. The van der Waals surface area contributed by atoms with Crippen molar-refractivity contribution >= 4 is 17.4 Å². The van der Waals surface area contributed by atoms with Gasteiger partial charge in [0.25, 0.3) is 5.91 Å². The zero-order chi connectivity index (χ0) is 17.8. The summed E-state index contributed by atoms with van der Waals surface area (Å²) in [6.45, 7) is 4.89. The van der Waals surface area contributed by atoms with E-state index in [1.165, 1.54) is 0 Å². The van der Waals surface area contributed by atoms with Gasteiger partial charge in [-0.15, -0.1) is 5.10 Å². The van der Waals surface area contributed by atoms with Crippen LogP contribution in [0.1, 0.15) is 23.2 Å². The smallest absolute Gasteiger partial charge is 0.265 e. The fourth-order valence-corrected chi connectivity index (χ4v) is 2.71. The first-order valence-corrected chi connectivity index (χ1v) is 8.12. The van der Waals surface area contributed by atoms with Crippen LogP contribution in [0.3, 0.4) is 0 Å². The summed E-state index contributed by atoms with van der Waals surface area (Å²) in [5.41, 5.74) is 2.89. The Labute approximate surface area is 146 Å². The zero-order valence-electron chi connectivity index (χ0n) is 14.2. The second-order valence-electron chi connectivity index (χ2n) is 5.83. The van der Waals surface area contributed by atoms with E-state index in [2.05, 4.69) is 21.6 Å². The summed E-state index contributed by atoms with van der Waals surface area (Å²) in [7, 11) is 0. The van der Waals surface area contributed by atoms with E-state index in [0.29, 0.717) is 30.9 Å². The average Bonchev–Trinajstić information content (AvgIpc) is 2.63. The standard InChI is InChI=1S/C18H19N5O2/c1-12-13(2)21-22-18(14(12)10-19)20-8-5-9-23-15-6-3-4-7-16(15)25-11-17(23)24/h3-4,6-7H,5,8-9,11H2,1-2H3,(H,20,22). The molecule has 0 fully saturated rings. The number of amides is 1. The van der Waals surface area contributed by atoms with E-state index in [9.17, 15) is 10.1 Å². The van der Waals surface area contributed by atoms with Gasteiger partial charge >= 0.3 is 0 Å². The number of nitrogens with zero attached hydrogens (tertiary/aromatic N) is 4. The fraction of sp³-hybridized carbons (Fsp3) is 0.333. The monoisotopic (exact) mass is 337 g/mol. The summed E-state index contributed by atoms with van der Waals surface area (Å²) in [6, 6.07) is 9.67. The van der Waals surface area contributed by atoms with Gasteiger partial charge in [-0.1, -0.05) is 12.1 Å². The number of nitriles is 1. The van der Waals surface area contributed by atoms with Crippen LogP contribution >= 0.6 is 0 Å². The largest absolute Gasteiger partial charge is 0.482 e. The van der Waals surface area contributed by atoms with Crippen LogP contribution in [0.5, 0.6) is 5.75 Å². The molecule has 7 heteroatoms. The number of para-hydroxylation sites is 2. The maximum absolute atomic E-state index is 12.1. The number of hydrogen-bond acceptors (Lipinski definition) is 6. The van der Waals surface area contributed by atoms with Crippen molar-refractivity contribution in [2.45, 2.75) is 20.3 Å². The van der Waals surface area contributed by atoms with Crippen LogP contribution in [-0.4, -0.2) is 35.8 Å². The number of carbonyl (C=O) groups excluding carboxylic acids is 1. The Kier molecular flexibility index (Phi) is 4.80. The van der Waals surface area contributed by atoms with Crippen molar-refractivity contribution in [3.8, 4) is 11.8 Å². The molecule has 1 aliphatic heterocycles. The molecule has 0 aliphatic carbocycles. The molecule has 0 saturated heterocycles. The molecule has 0 radical (unpaired) electrons. The second-order valence-corrected chi connectivity index (χ2v) is 5.83. The van der Waals surface area contributed by atoms with Gasteiger partial charge in [0, 0.05) is 13.1 Å². The van der Waals surface area contributed by atoms with Crippen LogP contribution in [0.2, 0.25) is 0 Å². The van der Waals surface area contributed by atoms with Crippen LogP contribution in [0.25, 0.3) is 0 Å². The second kappa shape index (κ2) is 7.18. The molecule has 0 spiro atoms. The summed E-state index contributed by atoms with van der Waals surface area (Å²) in [4.78, 5) is 13.9. The summed E-state index contributed by atoms with van der Waals surface area (Å²) in [5.74, 6) is 1.16. The number of ether oxygens (including phenoxy) is 1. The third-order valence-electron chi connectivity index (χ3n) is 4.23. The topological polar surface area (TPSA) is 91.1 Å². The maximum Gasteiger partial charge on any atom is 0.265 e. The van der Waals surface area contributed by atoms with Crippen LogP contribution in [0.4, 0.5) is 11.5 Å². The van der Waals surface area contributed by atoms with Gasteiger partial charge in [-0.3, -0.25) is 4.79 Å². The number of rotatable bonds is 5. The number of benzene rings is 1. The molecule has 7 nitrogen and oxygen atoms in total. The number of carbonyl (C=O) groups is 1. The number of hydrogen-bond donors (Lipinski definition) is 1. The molecule has 0 unspecified atom stereocenters. The Balaban J connectivity index is 1.62. The normalized spacial score (nSPS) is 13.0. The van der Waals surface area contributed by atoms with Gasteiger partial charge in [-0.25, -0.2) is 0 Å². The first kappa shape index (κ1) is 16.7. The van der Waals surface area contributed by atoms with Gasteiger partial charge in [-0.05, 0) is 38.0 Å². The lowest BCUT2D eigenvalue weighted by molar-refractivity contribution is -0.121. The number of aromatic nitrogens is 2. The Morgan fingerprint density at radius 3 is 2.92 bits per heavy atom. The maximum atomic E-state index is 12.1. The number of fused-ring (bicyclic) bond motifs is 1. The van der Waals surface area contributed by atoms with Crippen LogP contribution in [-0.2, 0) is 4.79 Å². The van der Waals surface area contributed by atoms with Crippen molar-refractivity contribution < 1.29 is 9.53 Å². The summed E-state index contributed by atoms with van der Waals surface area (Å²) >= 11 is 0. The predicted molar refractivity (Wildman–Crippen MR) is 93.6 cm³/mol. The first-order valence-electron chi connectivity index (χ1n) is 8.12. The van der Waals surface area contributed by atoms with Gasteiger partial charge in [0.1, 0.15) is 17.4 Å². The van der Waals surface area contributed by atoms with E-state index in [-0.39, 0.29) is 12.5 Å². The third-order valence-corrected chi connectivity index (χ3v) is 4.23. The highest BCUT2D eigenvalue weighted by atomic mass is 16.5. The van der Waals surface area contributed by atoms with Crippen molar-refractivity contribution in [3.63, 3.8) is 0 Å². The Morgan fingerprint density at radius 2 is 2.12 bits per heavy atom. The molecule has 2 heterocycles. The van der Waals surface area contributed by atoms with Crippen molar-refractivity contribution in [3.05, 3.63) is 41.1 Å². The minimum Gasteiger partial charge on any atom is -0.482 e. The van der Waals surface area contributed by atoms with Crippen molar-refractivity contribution in [2.75, 3.05) is 29.9 Å². The Hall–Kier alpha value is -3.14. The summed E-state index contributed by atoms with van der Waals surface area (Å²) < 4.78 is 5.44. The third kappa shape index (κ3) is 3.38. The molecule has 2 aromatic rings. The number of aryl methyl sites for hydroxylation is 1. The van der Waals surface area contributed by atoms with Gasteiger partial charge in [0.2, 0.25) is 0 Å². The van der Waals surface area contributed by atoms with Gasteiger partial charge in [0.15, 0.2) is 12.4 Å². The molecule has 0 atom stereocenters. The minimum atomic E-state index is -0.0533. The molecular formula is C18H19N5O2. The lowest BCUT2D eigenvalue weighted by Crippen LogP contribution is -2.39. The molecular weight excluding hydrogens is 318 g/mol. The lowest BCUT2D eigenvalue weighted by Gasteiger charge is -2.29. The van der Waals surface area contributed by atoms with Crippen molar-refractivity contribution in [1.29, 1.82) is 5.26 Å².